The zero-order chi connectivity index (χ0) is 12.9. The Balaban J connectivity index is 2.31. The van der Waals surface area contributed by atoms with Gasteiger partial charge in [0.25, 0.3) is 5.78 Å². The quantitative estimate of drug-likeness (QED) is 0.587. The molecular formula is C12H10O6. The lowest BCUT2D eigenvalue weighted by atomic mass is 9.95. The summed E-state index contributed by atoms with van der Waals surface area (Å²) in [7, 11) is 0. The number of aliphatic carboxylic acids is 1. The lowest BCUT2D eigenvalue weighted by molar-refractivity contribution is -0.131. The van der Waals surface area contributed by atoms with E-state index in [1.54, 1.807) is 0 Å². The van der Waals surface area contributed by atoms with Crippen LogP contribution in [-0.2, 0) is 17.6 Å². The van der Waals surface area contributed by atoms with E-state index in [0.717, 1.165) is 0 Å². The molecule has 2 heterocycles. The smallest absolute Gasteiger partial charge is 0.377 e. The van der Waals surface area contributed by atoms with Crippen LogP contribution in [0.15, 0.2) is 0 Å². The van der Waals surface area contributed by atoms with Gasteiger partial charge in [-0.1, -0.05) is 0 Å². The minimum atomic E-state index is -1.53. The highest BCUT2D eigenvalue weighted by atomic mass is 16.5. The molecule has 0 bridgehead atoms. The van der Waals surface area contributed by atoms with Crippen molar-refractivity contribution in [3.05, 3.63) is 16.7 Å². The number of hydrogen-bond donors (Lipinski definition) is 2. The van der Waals surface area contributed by atoms with Crippen molar-refractivity contribution in [2.75, 3.05) is 13.2 Å². The number of benzene rings is 1. The lowest BCUT2D eigenvalue weighted by Gasteiger charge is -2.12. The summed E-state index contributed by atoms with van der Waals surface area (Å²) in [6.45, 7) is 0.650. The number of carboxylic acid groups (broad SMARTS) is 1. The summed E-state index contributed by atoms with van der Waals surface area (Å²) in [5.74, 6) is -2.16. The number of ether oxygens (including phenoxy) is 2. The predicted molar refractivity (Wildman–Crippen MR) is 58.5 cm³/mol. The van der Waals surface area contributed by atoms with Gasteiger partial charge < -0.3 is 19.7 Å². The number of Topliss-reactive ketones (excluding diaryl/α,β-unsaturated/α-hetero) is 1. The summed E-state index contributed by atoms with van der Waals surface area (Å²) in [6.07, 6.45) is 0.839. The van der Waals surface area contributed by atoms with Gasteiger partial charge in [0.2, 0.25) is 0 Å². The number of carbonyl (C=O) groups excluding carboxylic acids is 1. The van der Waals surface area contributed by atoms with E-state index in [9.17, 15) is 14.7 Å². The first kappa shape index (κ1) is 10.9. The second kappa shape index (κ2) is 3.63. The van der Waals surface area contributed by atoms with Crippen molar-refractivity contribution in [1.82, 2.24) is 0 Å². The predicted octanol–water partition coefficient (Wildman–Crippen LogP) is 0.529. The fourth-order valence-electron chi connectivity index (χ4n) is 2.43. The van der Waals surface area contributed by atoms with Crippen LogP contribution >= 0.6 is 0 Å². The third-order valence-corrected chi connectivity index (χ3v) is 3.20. The topological polar surface area (TPSA) is 93.1 Å². The average Bonchev–Trinajstić information content (AvgIpc) is 2.96. The van der Waals surface area contributed by atoms with E-state index in [1.165, 1.54) is 0 Å². The number of carbonyl (C=O) groups is 2. The zero-order valence-corrected chi connectivity index (χ0v) is 9.36. The largest absolute Gasteiger partial charge is 0.504 e. The molecule has 18 heavy (non-hydrogen) atoms. The Kier molecular flexibility index (Phi) is 2.19. The molecule has 1 aromatic rings. The van der Waals surface area contributed by atoms with Gasteiger partial charge in [0, 0.05) is 24.0 Å². The van der Waals surface area contributed by atoms with Gasteiger partial charge in [-0.05, 0) is 0 Å². The SMILES string of the molecule is O=C(O)C(=O)c1c2c(c(O)c3c1OCC3)OCC2. The molecule has 0 aromatic heterocycles. The lowest BCUT2D eigenvalue weighted by Crippen LogP contribution is -2.16. The fourth-order valence-corrected chi connectivity index (χ4v) is 2.43. The molecule has 2 aliphatic rings. The molecular weight excluding hydrogens is 240 g/mol. The van der Waals surface area contributed by atoms with Crippen molar-refractivity contribution in [3.8, 4) is 17.2 Å². The Morgan fingerprint density at radius 1 is 1.00 bits per heavy atom. The summed E-state index contributed by atoms with van der Waals surface area (Å²) in [5.41, 5.74) is 0.918. The first-order chi connectivity index (χ1) is 8.61. The highest BCUT2D eigenvalue weighted by molar-refractivity contribution is 6.41. The van der Waals surface area contributed by atoms with Crippen molar-refractivity contribution < 1.29 is 29.3 Å². The maximum absolute atomic E-state index is 11.8. The van der Waals surface area contributed by atoms with E-state index in [-0.39, 0.29) is 22.8 Å². The summed E-state index contributed by atoms with van der Waals surface area (Å²) < 4.78 is 10.6. The van der Waals surface area contributed by atoms with Crippen LogP contribution in [0.1, 0.15) is 21.5 Å². The van der Waals surface area contributed by atoms with Crippen molar-refractivity contribution in [2.24, 2.45) is 0 Å². The van der Waals surface area contributed by atoms with Gasteiger partial charge in [-0.3, -0.25) is 4.79 Å². The van der Waals surface area contributed by atoms with Crippen molar-refractivity contribution in [2.45, 2.75) is 12.8 Å². The number of carboxylic acids is 1. The van der Waals surface area contributed by atoms with Crippen molar-refractivity contribution >= 4 is 11.8 Å². The summed E-state index contributed by atoms with van der Waals surface area (Å²) in [4.78, 5) is 22.6. The number of aromatic hydroxyl groups is 1. The normalized spacial score (nSPS) is 15.6. The van der Waals surface area contributed by atoms with Gasteiger partial charge in [0.1, 0.15) is 5.75 Å². The highest BCUT2D eigenvalue weighted by Gasteiger charge is 2.36. The number of phenols is 1. The highest BCUT2D eigenvalue weighted by Crippen LogP contribution is 2.48. The van der Waals surface area contributed by atoms with Gasteiger partial charge in [-0.15, -0.1) is 0 Å². The van der Waals surface area contributed by atoms with Gasteiger partial charge in [0.05, 0.1) is 18.8 Å². The molecule has 0 saturated carbocycles. The molecule has 2 aliphatic heterocycles. The molecule has 0 atom stereocenters. The Labute approximate surface area is 102 Å². The molecule has 3 rings (SSSR count). The van der Waals surface area contributed by atoms with E-state index in [4.69, 9.17) is 14.6 Å². The number of hydrogen-bond acceptors (Lipinski definition) is 5. The van der Waals surface area contributed by atoms with Crippen molar-refractivity contribution in [1.29, 1.82) is 0 Å². The van der Waals surface area contributed by atoms with E-state index >= 15 is 0 Å². The monoisotopic (exact) mass is 250 g/mol. The molecule has 0 spiro atoms. The van der Waals surface area contributed by atoms with Gasteiger partial charge in [0.15, 0.2) is 11.5 Å². The minimum absolute atomic E-state index is 0.0281. The molecule has 0 fully saturated rings. The second-order valence-corrected chi connectivity index (χ2v) is 4.17. The first-order valence-electron chi connectivity index (χ1n) is 5.55. The van der Waals surface area contributed by atoms with Crippen molar-refractivity contribution in [3.63, 3.8) is 0 Å². The summed E-state index contributed by atoms with van der Waals surface area (Å²) in [5, 5.41) is 18.9. The average molecular weight is 250 g/mol. The molecule has 2 N–H and O–H groups in total. The molecule has 6 heteroatoms. The maximum Gasteiger partial charge on any atom is 0.377 e. The van der Waals surface area contributed by atoms with Crippen LogP contribution in [0.3, 0.4) is 0 Å². The molecule has 0 radical (unpaired) electrons. The maximum atomic E-state index is 11.8. The van der Waals surface area contributed by atoms with E-state index in [0.29, 0.717) is 37.2 Å². The van der Waals surface area contributed by atoms with Crippen LogP contribution in [0, 0.1) is 0 Å². The number of fused-ring (bicyclic) bond motifs is 2. The third-order valence-electron chi connectivity index (χ3n) is 3.20. The fraction of sp³-hybridized carbons (Fsp3) is 0.333. The Bertz CT molecular complexity index is 539. The van der Waals surface area contributed by atoms with Gasteiger partial charge in [-0.2, -0.15) is 0 Å². The standard InChI is InChI=1S/C12H10O6/c13-8-6-2-4-17-10(6)7(9(14)12(15)16)5-1-3-18-11(5)8/h13H,1-4H2,(H,15,16). The minimum Gasteiger partial charge on any atom is -0.504 e. The Morgan fingerprint density at radius 3 is 2.28 bits per heavy atom. The summed E-state index contributed by atoms with van der Waals surface area (Å²) in [6, 6.07) is 0. The molecule has 94 valence electrons. The van der Waals surface area contributed by atoms with Crippen LogP contribution in [0.25, 0.3) is 0 Å². The number of rotatable bonds is 2. The Hall–Kier alpha value is -2.24. The van der Waals surface area contributed by atoms with E-state index in [2.05, 4.69) is 0 Å². The number of phenolic OH excluding ortho intramolecular Hbond substituents is 1. The van der Waals surface area contributed by atoms with E-state index < -0.39 is 11.8 Å². The number of ketones is 1. The second-order valence-electron chi connectivity index (χ2n) is 4.17. The molecule has 1 aromatic carbocycles. The van der Waals surface area contributed by atoms with Crippen LogP contribution < -0.4 is 9.47 Å². The first-order valence-corrected chi connectivity index (χ1v) is 5.55. The molecule has 0 unspecified atom stereocenters. The molecule has 6 nitrogen and oxygen atoms in total. The zero-order valence-electron chi connectivity index (χ0n) is 9.36. The van der Waals surface area contributed by atoms with Crippen LogP contribution in [0.5, 0.6) is 17.2 Å². The van der Waals surface area contributed by atoms with E-state index in [1.807, 2.05) is 0 Å². The molecule has 0 aliphatic carbocycles. The molecule has 0 amide bonds. The van der Waals surface area contributed by atoms with Gasteiger partial charge >= 0.3 is 5.97 Å². The third kappa shape index (κ3) is 1.28. The van der Waals surface area contributed by atoms with Crippen LogP contribution in [0.4, 0.5) is 0 Å². The molecule has 0 saturated heterocycles. The summed E-state index contributed by atoms with van der Waals surface area (Å²) >= 11 is 0. The Morgan fingerprint density at radius 2 is 1.61 bits per heavy atom. The van der Waals surface area contributed by atoms with Crippen LogP contribution in [-0.4, -0.2) is 35.2 Å². The van der Waals surface area contributed by atoms with Gasteiger partial charge in [-0.25, -0.2) is 4.79 Å². The van der Waals surface area contributed by atoms with Crippen LogP contribution in [0.2, 0.25) is 0 Å².